The number of carbonyl (C=O) groups excluding carboxylic acids is 2. The minimum Gasteiger partial charge on any atom is -0.493 e. The third-order valence-electron chi connectivity index (χ3n) is 5.27. The van der Waals surface area contributed by atoms with Crippen LogP contribution in [0, 0.1) is 12.8 Å². The fraction of sp³-hybridized carbons (Fsp3) is 0.385. The van der Waals surface area contributed by atoms with Gasteiger partial charge in [0.25, 0.3) is 11.7 Å². The largest absolute Gasteiger partial charge is 0.493 e. The number of hydrogen-bond donors (Lipinski definition) is 1. The Bertz CT molecular complexity index is 1100. The minimum atomic E-state index is -0.501. The van der Waals surface area contributed by atoms with Gasteiger partial charge >= 0.3 is 0 Å². The lowest BCUT2D eigenvalue weighted by atomic mass is 10.1. The molecule has 0 spiro atoms. The van der Waals surface area contributed by atoms with Gasteiger partial charge in [-0.25, -0.2) is 0 Å². The Morgan fingerprint density at radius 1 is 1.09 bits per heavy atom. The van der Waals surface area contributed by atoms with Gasteiger partial charge in [-0.3, -0.25) is 9.59 Å². The summed E-state index contributed by atoms with van der Waals surface area (Å²) < 4.78 is 11.3. The molecule has 0 aliphatic heterocycles. The highest BCUT2D eigenvalue weighted by molar-refractivity contribution is 6.45. The van der Waals surface area contributed by atoms with Crippen molar-refractivity contribution < 1.29 is 19.1 Å². The molecule has 0 saturated carbocycles. The first-order valence-electron chi connectivity index (χ1n) is 11.1. The first-order chi connectivity index (χ1) is 15.3. The molecule has 1 heterocycles. The van der Waals surface area contributed by atoms with Crippen molar-refractivity contribution >= 4 is 22.6 Å². The number of rotatable bonds is 10. The number of amides is 1. The zero-order valence-corrected chi connectivity index (χ0v) is 19.5. The van der Waals surface area contributed by atoms with E-state index < -0.39 is 11.7 Å². The van der Waals surface area contributed by atoms with Gasteiger partial charge in [-0.15, -0.1) is 0 Å². The third kappa shape index (κ3) is 5.13. The Hall–Kier alpha value is -3.28. The fourth-order valence-electron chi connectivity index (χ4n) is 3.75. The van der Waals surface area contributed by atoms with Gasteiger partial charge in [0.05, 0.1) is 19.3 Å². The van der Waals surface area contributed by atoms with E-state index in [2.05, 4.69) is 18.8 Å². The summed E-state index contributed by atoms with van der Waals surface area (Å²) in [5.74, 6) is 0.696. The van der Waals surface area contributed by atoms with E-state index in [1.807, 2.05) is 56.3 Å². The van der Waals surface area contributed by atoms with Crippen LogP contribution in [0.4, 0.5) is 0 Å². The lowest BCUT2D eigenvalue weighted by Crippen LogP contribution is -2.37. The van der Waals surface area contributed by atoms with E-state index in [4.69, 9.17) is 9.47 Å². The van der Waals surface area contributed by atoms with Gasteiger partial charge in [0, 0.05) is 29.7 Å². The van der Waals surface area contributed by atoms with Crippen LogP contribution in [-0.4, -0.2) is 41.8 Å². The molecule has 6 heteroatoms. The summed E-state index contributed by atoms with van der Waals surface area (Å²) in [4.78, 5) is 31.3. The molecular formula is C26H32N2O4. The molecule has 6 nitrogen and oxygen atoms in total. The normalized spacial score (nSPS) is 11.1. The summed E-state index contributed by atoms with van der Waals surface area (Å²) in [6, 6.07) is 13.2. The first-order valence-corrected chi connectivity index (χ1v) is 11.1. The second kappa shape index (κ2) is 10.4. The first kappa shape index (κ1) is 23.4. The summed E-state index contributed by atoms with van der Waals surface area (Å²) in [6.07, 6.45) is 0.749. The van der Waals surface area contributed by atoms with Crippen molar-refractivity contribution in [3.05, 3.63) is 59.3 Å². The number of benzene rings is 2. The van der Waals surface area contributed by atoms with Crippen LogP contribution in [0.25, 0.3) is 10.9 Å². The molecule has 1 aromatic heterocycles. The number of aromatic amines is 1. The summed E-state index contributed by atoms with van der Waals surface area (Å²) in [6.45, 7) is 9.38. The SMILES string of the molecule is CCCN(Cc1ccc(OCC(C)C)c(OC)c1)C(=O)C(=O)c1c(C)[nH]c2ccccc12. The summed E-state index contributed by atoms with van der Waals surface area (Å²) in [7, 11) is 1.60. The maximum atomic E-state index is 13.2. The molecular weight excluding hydrogens is 404 g/mol. The zero-order valence-electron chi connectivity index (χ0n) is 19.5. The average molecular weight is 437 g/mol. The number of Topliss-reactive ketones (excluding diaryl/α,β-unsaturated/α-hetero) is 1. The molecule has 0 saturated heterocycles. The quantitative estimate of drug-likeness (QED) is 0.353. The highest BCUT2D eigenvalue weighted by atomic mass is 16.5. The number of nitrogens with zero attached hydrogens (tertiary/aromatic N) is 1. The number of carbonyl (C=O) groups is 2. The van der Waals surface area contributed by atoms with Gasteiger partial charge < -0.3 is 19.4 Å². The summed E-state index contributed by atoms with van der Waals surface area (Å²) >= 11 is 0. The van der Waals surface area contributed by atoms with E-state index in [0.29, 0.717) is 48.4 Å². The van der Waals surface area contributed by atoms with E-state index in [9.17, 15) is 9.59 Å². The number of fused-ring (bicyclic) bond motifs is 1. The van der Waals surface area contributed by atoms with Crippen molar-refractivity contribution in [3.8, 4) is 11.5 Å². The lowest BCUT2D eigenvalue weighted by Gasteiger charge is -2.22. The van der Waals surface area contributed by atoms with Crippen LogP contribution in [-0.2, 0) is 11.3 Å². The average Bonchev–Trinajstić information content (AvgIpc) is 3.12. The van der Waals surface area contributed by atoms with Crippen molar-refractivity contribution in [2.45, 2.75) is 40.7 Å². The van der Waals surface area contributed by atoms with Crippen LogP contribution >= 0.6 is 0 Å². The van der Waals surface area contributed by atoms with Crippen LogP contribution in [0.5, 0.6) is 11.5 Å². The molecule has 0 aliphatic carbocycles. The number of ether oxygens (including phenoxy) is 2. The monoisotopic (exact) mass is 436 g/mol. The molecule has 0 aliphatic rings. The number of ketones is 1. The number of para-hydroxylation sites is 1. The lowest BCUT2D eigenvalue weighted by molar-refractivity contribution is -0.127. The molecule has 0 fully saturated rings. The molecule has 2 aromatic carbocycles. The Balaban J connectivity index is 1.84. The Morgan fingerprint density at radius 2 is 1.84 bits per heavy atom. The fourth-order valence-corrected chi connectivity index (χ4v) is 3.75. The highest BCUT2D eigenvalue weighted by Gasteiger charge is 2.27. The van der Waals surface area contributed by atoms with E-state index in [-0.39, 0.29) is 0 Å². The van der Waals surface area contributed by atoms with Crippen LogP contribution in [0.1, 0.15) is 48.8 Å². The predicted octanol–water partition coefficient (Wildman–Crippen LogP) is 5.14. The van der Waals surface area contributed by atoms with Gasteiger partial charge in [-0.1, -0.05) is 45.0 Å². The van der Waals surface area contributed by atoms with Gasteiger partial charge in [0.15, 0.2) is 11.5 Å². The van der Waals surface area contributed by atoms with Gasteiger partial charge in [-0.2, -0.15) is 0 Å². The topological polar surface area (TPSA) is 71.6 Å². The van der Waals surface area contributed by atoms with Crippen LogP contribution in [0.15, 0.2) is 42.5 Å². The second-order valence-corrected chi connectivity index (χ2v) is 8.42. The second-order valence-electron chi connectivity index (χ2n) is 8.42. The molecule has 3 aromatic rings. The van der Waals surface area contributed by atoms with Crippen LogP contribution in [0.2, 0.25) is 0 Å². The van der Waals surface area contributed by atoms with Crippen LogP contribution < -0.4 is 9.47 Å². The molecule has 0 atom stereocenters. The molecule has 170 valence electrons. The predicted molar refractivity (Wildman–Crippen MR) is 126 cm³/mol. The van der Waals surface area contributed by atoms with Crippen LogP contribution in [0.3, 0.4) is 0 Å². The number of aryl methyl sites for hydroxylation is 1. The van der Waals surface area contributed by atoms with Crippen molar-refractivity contribution in [1.82, 2.24) is 9.88 Å². The Labute approximate surface area is 189 Å². The van der Waals surface area contributed by atoms with Gasteiger partial charge in [0.1, 0.15) is 0 Å². The molecule has 32 heavy (non-hydrogen) atoms. The number of methoxy groups -OCH3 is 1. The van der Waals surface area contributed by atoms with Crippen molar-refractivity contribution in [3.63, 3.8) is 0 Å². The highest BCUT2D eigenvalue weighted by Crippen LogP contribution is 2.29. The van der Waals surface area contributed by atoms with Crippen molar-refractivity contribution in [2.24, 2.45) is 5.92 Å². The smallest absolute Gasteiger partial charge is 0.295 e. The van der Waals surface area contributed by atoms with E-state index in [0.717, 1.165) is 22.9 Å². The Kier molecular flexibility index (Phi) is 7.57. The molecule has 1 amide bonds. The van der Waals surface area contributed by atoms with E-state index in [1.165, 1.54) is 0 Å². The number of nitrogens with one attached hydrogen (secondary N) is 1. The number of hydrogen-bond acceptors (Lipinski definition) is 4. The maximum Gasteiger partial charge on any atom is 0.295 e. The maximum absolute atomic E-state index is 13.2. The molecule has 3 rings (SSSR count). The van der Waals surface area contributed by atoms with Gasteiger partial charge in [0.2, 0.25) is 0 Å². The van der Waals surface area contributed by atoms with E-state index >= 15 is 0 Å². The standard InChI is InChI=1S/C26H32N2O4/c1-6-13-28(15-19-11-12-22(23(14-19)31-5)32-16-17(2)3)26(30)25(29)24-18(4)27-21-10-8-7-9-20(21)24/h7-12,14,17,27H,6,13,15-16H2,1-5H3. The molecule has 0 radical (unpaired) electrons. The third-order valence-corrected chi connectivity index (χ3v) is 5.27. The number of H-pyrrole nitrogens is 1. The minimum absolute atomic E-state index is 0.320. The number of aromatic nitrogens is 1. The van der Waals surface area contributed by atoms with Crippen molar-refractivity contribution in [1.29, 1.82) is 0 Å². The molecule has 0 bridgehead atoms. The Morgan fingerprint density at radius 3 is 2.53 bits per heavy atom. The molecule has 1 N–H and O–H groups in total. The summed E-state index contributed by atoms with van der Waals surface area (Å²) in [5, 5.41) is 0.771. The van der Waals surface area contributed by atoms with Crippen molar-refractivity contribution in [2.75, 3.05) is 20.3 Å². The summed E-state index contributed by atoms with van der Waals surface area (Å²) in [5.41, 5.74) is 2.88. The molecule has 0 unspecified atom stereocenters. The zero-order chi connectivity index (χ0) is 23.3. The van der Waals surface area contributed by atoms with Gasteiger partial charge in [-0.05, 0) is 43.0 Å². The van der Waals surface area contributed by atoms with E-state index in [1.54, 1.807) is 12.0 Å².